The molecule has 1 heterocycles. The van der Waals surface area contributed by atoms with Gasteiger partial charge in [0.1, 0.15) is 6.67 Å². The predicted molar refractivity (Wildman–Crippen MR) is 48.8 cm³/mol. The number of aromatic nitrogens is 1. The molecular formula is C8H7FN2S. The molecule has 2 N–H and O–H groups in total. The third-order valence-corrected chi connectivity index (χ3v) is 2.68. The van der Waals surface area contributed by atoms with Gasteiger partial charge >= 0.3 is 0 Å². The monoisotopic (exact) mass is 182 g/mol. The van der Waals surface area contributed by atoms with Crippen molar-refractivity contribution >= 4 is 27.3 Å². The second-order valence-corrected chi connectivity index (χ2v) is 3.26. The number of halogens is 1. The number of nitrogens with two attached hydrogens (primary N) is 1. The lowest BCUT2D eigenvalue weighted by atomic mass is 10.2. The molecule has 1 aromatic carbocycles. The number of fused-ring (bicyclic) bond motifs is 1. The first-order valence-corrected chi connectivity index (χ1v) is 4.29. The van der Waals surface area contributed by atoms with Crippen LogP contribution in [0, 0.1) is 0 Å². The highest BCUT2D eigenvalue weighted by molar-refractivity contribution is 7.14. The van der Waals surface area contributed by atoms with Gasteiger partial charge in [-0.1, -0.05) is 12.1 Å². The van der Waals surface area contributed by atoms with Crippen molar-refractivity contribution in [1.29, 1.82) is 0 Å². The fourth-order valence-electron chi connectivity index (χ4n) is 1.13. The standard InChI is InChI=1S/C8H7FN2S/c9-4-7-5-2-1-3-6(10)8(5)12-11-7/h1-3H,4,10H2. The Morgan fingerprint density at radius 3 is 3.08 bits per heavy atom. The molecule has 0 atom stereocenters. The summed E-state index contributed by atoms with van der Waals surface area (Å²) in [5.74, 6) is 0. The number of nitrogens with zero attached hydrogens (tertiary/aromatic N) is 1. The number of hydrogen-bond acceptors (Lipinski definition) is 3. The Hall–Kier alpha value is -1.16. The Morgan fingerprint density at radius 1 is 1.50 bits per heavy atom. The van der Waals surface area contributed by atoms with Gasteiger partial charge in [0.25, 0.3) is 0 Å². The van der Waals surface area contributed by atoms with E-state index in [0.29, 0.717) is 11.4 Å². The van der Waals surface area contributed by atoms with E-state index in [9.17, 15) is 4.39 Å². The first-order chi connectivity index (χ1) is 5.83. The SMILES string of the molecule is Nc1cccc2c(CF)nsc12. The molecule has 0 fully saturated rings. The first kappa shape index (κ1) is 7.49. The van der Waals surface area contributed by atoms with Crippen LogP contribution in [0.5, 0.6) is 0 Å². The van der Waals surface area contributed by atoms with Crippen molar-refractivity contribution in [3.63, 3.8) is 0 Å². The minimum atomic E-state index is -0.524. The number of hydrogen-bond donors (Lipinski definition) is 1. The van der Waals surface area contributed by atoms with Crippen LogP contribution in [-0.4, -0.2) is 4.37 Å². The molecule has 2 nitrogen and oxygen atoms in total. The molecule has 0 saturated carbocycles. The fraction of sp³-hybridized carbons (Fsp3) is 0.125. The zero-order chi connectivity index (χ0) is 8.55. The largest absolute Gasteiger partial charge is 0.398 e. The van der Waals surface area contributed by atoms with E-state index in [1.807, 2.05) is 12.1 Å². The quantitative estimate of drug-likeness (QED) is 0.687. The molecule has 0 aliphatic rings. The van der Waals surface area contributed by atoms with Crippen LogP contribution in [0.2, 0.25) is 0 Å². The fourth-order valence-corrected chi connectivity index (χ4v) is 1.94. The van der Waals surface area contributed by atoms with Gasteiger partial charge < -0.3 is 5.73 Å². The number of rotatable bonds is 1. The maximum absolute atomic E-state index is 12.3. The molecule has 4 heteroatoms. The molecule has 0 unspecified atom stereocenters. The lowest BCUT2D eigenvalue weighted by molar-refractivity contribution is 0.481. The van der Waals surface area contributed by atoms with Gasteiger partial charge in [0.15, 0.2) is 0 Å². The minimum Gasteiger partial charge on any atom is -0.398 e. The van der Waals surface area contributed by atoms with Crippen molar-refractivity contribution in [2.75, 3.05) is 5.73 Å². The molecule has 2 rings (SSSR count). The third kappa shape index (κ3) is 0.956. The lowest BCUT2D eigenvalue weighted by Crippen LogP contribution is -1.83. The van der Waals surface area contributed by atoms with Crippen molar-refractivity contribution in [1.82, 2.24) is 4.37 Å². The third-order valence-electron chi connectivity index (χ3n) is 1.73. The maximum Gasteiger partial charge on any atom is 0.133 e. The van der Waals surface area contributed by atoms with Gasteiger partial charge in [-0.25, -0.2) is 4.39 Å². The van der Waals surface area contributed by atoms with Crippen molar-refractivity contribution in [3.05, 3.63) is 23.9 Å². The van der Waals surface area contributed by atoms with Crippen LogP contribution >= 0.6 is 11.5 Å². The summed E-state index contributed by atoms with van der Waals surface area (Å²) in [5.41, 5.74) is 6.83. The molecule has 2 aromatic rings. The van der Waals surface area contributed by atoms with Gasteiger partial charge in [0.05, 0.1) is 16.1 Å². The normalized spacial score (nSPS) is 10.8. The summed E-state index contributed by atoms with van der Waals surface area (Å²) >= 11 is 1.25. The summed E-state index contributed by atoms with van der Waals surface area (Å²) in [6.07, 6.45) is 0. The second-order valence-electron chi connectivity index (χ2n) is 2.49. The van der Waals surface area contributed by atoms with Crippen molar-refractivity contribution in [2.24, 2.45) is 0 Å². The number of anilines is 1. The molecule has 0 bridgehead atoms. The summed E-state index contributed by atoms with van der Waals surface area (Å²) in [6.45, 7) is -0.524. The van der Waals surface area contributed by atoms with Gasteiger partial charge in [-0.3, -0.25) is 0 Å². The highest BCUT2D eigenvalue weighted by Crippen LogP contribution is 2.27. The number of benzene rings is 1. The Labute approximate surface area is 73.0 Å². The van der Waals surface area contributed by atoms with Crippen LogP contribution in [0.3, 0.4) is 0 Å². The Bertz CT molecular complexity index is 410. The van der Waals surface area contributed by atoms with Gasteiger partial charge in [-0.05, 0) is 17.6 Å². The summed E-state index contributed by atoms with van der Waals surface area (Å²) < 4.78 is 17.2. The average molecular weight is 182 g/mol. The highest BCUT2D eigenvalue weighted by Gasteiger charge is 2.06. The van der Waals surface area contributed by atoms with E-state index < -0.39 is 6.67 Å². The molecule has 0 aliphatic carbocycles. The van der Waals surface area contributed by atoms with Crippen LogP contribution in [0.25, 0.3) is 10.1 Å². The number of alkyl halides is 1. The Kier molecular flexibility index (Phi) is 1.69. The number of nitrogen functional groups attached to an aromatic ring is 1. The van der Waals surface area contributed by atoms with Crippen LogP contribution in [-0.2, 0) is 6.67 Å². The van der Waals surface area contributed by atoms with E-state index in [1.165, 1.54) is 11.5 Å². The molecule has 1 aromatic heterocycles. The van der Waals surface area contributed by atoms with Crippen molar-refractivity contribution < 1.29 is 4.39 Å². The summed E-state index contributed by atoms with van der Waals surface area (Å²) in [5, 5.41) is 0.836. The maximum atomic E-state index is 12.3. The zero-order valence-corrected chi connectivity index (χ0v) is 7.07. The van der Waals surface area contributed by atoms with Gasteiger partial charge in [-0.15, -0.1) is 0 Å². The predicted octanol–water partition coefficient (Wildman–Crippen LogP) is 2.35. The van der Waals surface area contributed by atoms with Crippen LogP contribution in [0.15, 0.2) is 18.2 Å². The highest BCUT2D eigenvalue weighted by atomic mass is 32.1. The Morgan fingerprint density at radius 2 is 2.33 bits per heavy atom. The van der Waals surface area contributed by atoms with Crippen LogP contribution < -0.4 is 5.73 Å². The van der Waals surface area contributed by atoms with E-state index in [0.717, 1.165) is 10.1 Å². The topological polar surface area (TPSA) is 38.9 Å². The molecule has 0 saturated heterocycles. The second kappa shape index (κ2) is 2.71. The van der Waals surface area contributed by atoms with Gasteiger partial charge in [-0.2, -0.15) is 4.37 Å². The van der Waals surface area contributed by atoms with E-state index in [1.54, 1.807) is 6.07 Å². The van der Waals surface area contributed by atoms with E-state index in [4.69, 9.17) is 5.73 Å². The minimum absolute atomic E-state index is 0.488. The Balaban J connectivity index is 2.80. The summed E-state index contributed by atoms with van der Waals surface area (Å²) in [4.78, 5) is 0. The average Bonchev–Trinajstić information content (AvgIpc) is 2.49. The van der Waals surface area contributed by atoms with Gasteiger partial charge in [0.2, 0.25) is 0 Å². The van der Waals surface area contributed by atoms with E-state index in [2.05, 4.69) is 4.37 Å². The van der Waals surface area contributed by atoms with Crippen LogP contribution in [0.1, 0.15) is 5.69 Å². The van der Waals surface area contributed by atoms with E-state index in [-0.39, 0.29) is 0 Å². The molecule has 0 aliphatic heterocycles. The zero-order valence-electron chi connectivity index (χ0n) is 6.25. The van der Waals surface area contributed by atoms with Crippen molar-refractivity contribution in [2.45, 2.75) is 6.67 Å². The summed E-state index contributed by atoms with van der Waals surface area (Å²) in [6, 6.07) is 5.44. The lowest BCUT2D eigenvalue weighted by Gasteiger charge is -1.93. The molecule has 0 spiro atoms. The molecule has 62 valence electrons. The van der Waals surface area contributed by atoms with E-state index >= 15 is 0 Å². The van der Waals surface area contributed by atoms with Crippen molar-refractivity contribution in [3.8, 4) is 0 Å². The smallest absolute Gasteiger partial charge is 0.133 e. The van der Waals surface area contributed by atoms with Crippen LogP contribution in [0.4, 0.5) is 10.1 Å². The molecular weight excluding hydrogens is 175 g/mol. The molecule has 0 amide bonds. The first-order valence-electron chi connectivity index (χ1n) is 3.51. The molecule has 12 heavy (non-hydrogen) atoms. The van der Waals surface area contributed by atoms with Gasteiger partial charge in [0, 0.05) is 5.39 Å². The molecule has 0 radical (unpaired) electrons. The summed E-state index contributed by atoms with van der Waals surface area (Å²) in [7, 11) is 0.